The molecule has 188 valence electrons. The number of thiazole rings is 1. The molecular weight excluding hydrogens is 487 g/mol. The van der Waals surface area contributed by atoms with Gasteiger partial charge in [0.2, 0.25) is 5.91 Å². The molecule has 35 heavy (non-hydrogen) atoms. The van der Waals surface area contributed by atoms with Gasteiger partial charge in [0.05, 0.1) is 33.2 Å². The van der Waals surface area contributed by atoms with Crippen LogP contribution in [0.25, 0.3) is 10.4 Å². The van der Waals surface area contributed by atoms with Crippen LogP contribution in [0.2, 0.25) is 0 Å². The predicted octanol–water partition coefficient (Wildman–Crippen LogP) is 5.08. The third-order valence-electron chi connectivity index (χ3n) is 7.43. The fourth-order valence-corrected chi connectivity index (χ4v) is 7.39. The first kappa shape index (κ1) is 24.5. The molecular formula is C25H31FN4O3S2. The third-order valence-corrected chi connectivity index (χ3v) is 10.1. The van der Waals surface area contributed by atoms with Crippen molar-refractivity contribution in [1.82, 2.24) is 10.3 Å². The average molecular weight is 519 g/mol. The van der Waals surface area contributed by atoms with E-state index in [1.807, 2.05) is 31.2 Å². The summed E-state index contributed by atoms with van der Waals surface area (Å²) in [6.45, 7) is 3.17. The van der Waals surface area contributed by atoms with Gasteiger partial charge in [0.25, 0.3) is 0 Å². The Hall–Kier alpha value is -2.19. The molecule has 2 saturated carbocycles. The van der Waals surface area contributed by atoms with E-state index in [0.29, 0.717) is 50.3 Å². The molecule has 3 N–H and O–H groups in total. The summed E-state index contributed by atoms with van der Waals surface area (Å²) < 4.78 is 34.2. The fraction of sp³-hybridized carbons (Fsp3) is 0.560. The molecule has 2 aliphatic carbocycles. The van der Waals surface area contributed by atoms with Crippen molar-refractivity contribution >= 4 is 33.5 Å². The largest absolute Gasteiger partial charge is 0.368 e. The predicted molar refractivity (Wildman–Crippen MR) is 138 cm³/mol. The van der Waals surface area contributed by atoms with Gasteiger partial charge >= 0.3 is 0 Å². The standard InChI is InChI=1S/C25H31FN4O3S2/c1-16-28-22(20-7-4-18(26)14-21(20)24(31)29-25(15-27)8-9-25)23(34-16)17-2-5-19(6-3-17)30-10-12-35(32,33)13-11-30/h2-3,5-6,18,20-21,32-33H,4,7-14H2,1H3,(H,29,31)/t18-,20+,21+/m0/s1. The molecule has 2 aromatic rings. The lowest BCUT2D eigenvalue weighted by molar-refractivity contribution is -0.128. The number of nitrogens with one attached hydrogen (secondary N) is 1. The van der Waals surface area contributed by atoms with Gasteiger partial charge in [0, 0.05) is 30.6 Å². The van der Waals surface area contributed by atoms with Gasteiger partial charge in [0.15, 0.2) is 0 Å². The minimum atomic E-state index is -2.44. The van der Waals surface area contributed by atoms with Crippen LogP contribution in [0, 0.1) is 24.2 Å². The lowest BCUT2D eigenvalue weighted by atomic mass is 9.75. The lowest BCUT2D eigenvalue weighted by Gasteiger charge is -2.41. The number of anilines is 1. The number of aryl methyl sites for hydroxylation is 1. The maximum Gasteiger partial charge on any atom is 0.225 e. The minimum Gasteiger partial charge on any atom is -0.368 e. The molecule has 1 aromatic carbocycles. The van der Waals surface area contributed by atoms with Gasteiger partial charge < -0.3 is 10.2 Å². The van der Waals surface area contributed by atoms with Gasteiger partial charge in [-0.15, -0.1) is 11.3 Å². The molecule has 0 spiro atoms. The number of nitriles is 1. The summed E-state index contributed by atoms with van der Waals surface area (Å²) in [7, 11) is -2.44. The zero-order chi connectivity index (χ0) is 24.8. The Morgan fingerprint density at radius 3 is 2.57 bits per heavy atom. The van der Waals surface area contributed by atoms with Crippen LogP contribution in [0.3, 0.4) is 0 Å². The number of alkyl halides is 1. The summed E-state index contributed by atoms with van der Waals surface area (Å²) in [5, 5.41) is 13.2. The maximum absolute atomic E-state index is 14.4. The van der Waals surface area contributed by atoms with Crippen LogP contribution in [-0.2, 0) is 4.79 Å². The molecule has 3 aliphatic rings. The number of nitrogens with zero attached hydrogens (tertiary/aromatic N) is 3. The third kappa shape index (κ3) is 5.19. The van der Waals surface area contributed by atoms with E-state index in [1.165, 1.54) is 0 Å². The molecule has 7 nitrogen and oxygen atoms in total. The first-order chi connectivity index (χ1) is 16.7. The van der Waals surface area contributed by atoms with Crippen molar-refractivity contribution < 1.29 is 18.3 Å². The zero-order valence-electron chi connectivity index (χ0n) is 19.7. The van der Waals surface area contributed by atoms with Crippen LogP contribution in [0.15, 0.2) is 24.3 Å². The number of aromatic nitrogens is 1. The van der Waals surface area contributed by atoms with Crippen molar-refractivity contribution in [3.05, 3.63) is 35.0 Å². The number of carbonyl (C=O) groups is 1. The maximum atomic E-state index is 14.4. The highest BCUT2D eigenvalue weighted by atomic mass is 32.3. The van der Waals surface area contributed by atoms with Crippen LogP contribution in [0.1, 0.15) is 48.7 Å². The van der Waals surface area contributed by atoms with Crippen LogP contribution >= 0.6 is 21.9 Å². The highest BCUT2D eigenvalue weighted by molar-refractivity contribution is 8.24. The molecule has 0 radical (unpaired) electrons. The summed E-state index contributed by atoms with van der Waals surface area (Å²) >= 11 is 1.58. The summed E-state index contributed by atoms with van der Waals surface area (Å²) in [6.07, 6.45) is 1.38. The zero-order valence-corrected chi connectivity index (χ0v) is 21.4. The Morgan fingerprint density at radius 2 is 1.94 bits per heavy atom. The van der Waals surface area contributed by atoms with Crippen LogP contribution in [0.4, 0.5) is 10.1 Å². The molecule has 5 rings (SSSR count). The van der Waals surface area contributed by atoms with E-state index in [0.717, 1.165) is 26.8 Å². The highest BCUT2D eigenvalue weighted by Crippen LogP contribution is 2.46. The Morgan fingerprint density at radius 1 is 1.26 bits per heavy atom. The highest BCUT2D eigenvalue weighted by Gasteiger charge is 2.48. The summed E-state index contributed by atoms with van der Waals surface area (Å²) in [5.74, 6) is -0.193. The number of rotatable bonds is 5. The molecule has 3 fully saturated rings. The number of halogens is 1. The Balaban J connectivity index is 1.39. The number of hydrogen-bond donors (Lipinski definition) is 3. The second-order valence-corrected chi connectivity index (χ2v) is 13.6. The van der Waals surface area contributed by atoms with Crippen LogP contribution < -0.4 is 10.2 Å². The summed E-state index contributed by atoms with van der Waals surface area (Å²) in [4.78, 5) is 21.1. The monoisotopic (exact) mass is 518 g/mol. The number of carbonyl (C=O) groups excluding carboxylic acids is 1. The van der Waals surface area contributed by atoms with Gasteiger partial charge in [-0.1, -0.05) is 12.1 Å². The van der Waals surface area contributed by atoms with Gasteiger partial charge in [-0.3, -0.25) is 13.9 Å². The SMILES string of the molecule is Cc1nc([C@@H]2CC[C@H](F)C[C@H]2C(=O)NC2(C#N)CC2)c(-c2ccc(N3CCS(O)(O)CC3)cc2)s1. The second-order valence-electron chi connectivity index (χ2n) is 10.00. The van der Waals surface area contributed by atoms with Crippen molar-refractivity contribution in [1.29, 1.82) is 5.26 Å². The summed E-state index contributed by atoms with van der Waals surface area (Å²) in [5.41, 5.74) is 2.12. The topological polar surface area (TPSA) is 109 Å². The molecule has 1 saturated heterocycles. The van der Waals surface area contributed by atoms with E-state index in [9.17, 15) is 23.6 Å². The van der Waals surface area contributed by atoms with E-state index in [2.05, 4.69) is 16.3 Å². The van der Waals surface area contributed by atoms with Gasteiger partial charge in [-0.25, -0.2) is 9.37 Å². The molecule has 10 heteroatoms. The van der Waals surface area contributed by atoms with Crippen molar-refractivity contribution in [2.75, 3.05) is 29.5 Å². The van der Waals surface area contributed by atoms with E-state index in [4.69, 9.17) is 4.98 Å². The lowest BCUT2D eigenvalue weighted by Crippen LogP contribution is -2.44. The van der Waals surface area contributed by atoms with E-state index < -0.39 is 28.2 Å². The first-order valence-corrected chi connectivity index (χ1v) is 14.8. The van der Waals surface area contributed by atoms with Crippen molar-refractivity contribution in [3.8, 4) is 16.5 Å². The van der Waals surface area contributed by atoms with Gasteiger partial charge in [-0.05, 0) is 56.7 Å². The second kappa shape index (κ2) is 9.36. The van der Waals surface area contributed by atoms with E-state index >= 15 is 0 Å². The first-order valence-electron chi connectivity index (χ1n) is 12.1. The molecule has 2 heterocycles. The molecule has 1 aromatic heterocycles. The van der Waals surface area contributed by atoms with Crippen molar-refractivity contribution in [2.45, 2.75) is 56.7 Å². The number of benzene rings is 1. The van der Waals surface area contributed by atoms with Crippen molar-refractivity contribution in [3.63, 3.8) is 0 Å². The Bertz CT molecular complexity index is 1130. The molecule has 1 aliphatic heterocycles. The quantitative estimate of drug-likeness (QED) is 0.509. The Labute approximate surface area is 210 Å². The van der Waals surface area contributed by atoms with Crippen LogP contribution in [-0.4, -0.2) is 56.3 Å². The number of hydrogen-bond acceptors (Lipinski definition) is 7. The minimum absolute atomic E-state index is 0.154. The van der Waals surface area contributed by atoms with E-state index in [1.54, 1.807) is 11.3 Å². The van der Waals surface area contributed by atoms with E-state index in [-0.39, 0.29) is 18.2 Å². The Kier molecular flexibility index (Phi) is 6.55. The molecule has 0 bridgehead atoms. The average Bonchev–Trinajstić information content (AvgIpc) is 3.51. The van der Waals surface area contributed by atoms with Gasteiger partial charge in [-0.2, -0.15) is 15.9 Å². The molecule has 1 amide bonds. The van der Waals surface area contributed by atoms with Crippen molar-refractivity contribution in [2.24, 2.45) is 5.92 Å². The van der Waals surface area contributed by atoms with Crippen LogP contribution in [0.5, 0.6) is 0 Å². The molecule has 0 unspecified atom stereocenters. The summed E-state index contributed by atoms with van der Waals surface area (Å²) in [6, 6.07) is 10.4. The number of amides is 1. The molecule has 3 atom stereocenters. The van der Waals surface area contributed by atoms with Gasteiger partial charge in [0.1, 0.15) is 11.7 Å². The smallest absolute Gasteiger partial charge is 0.225 e. The fourth-order valence-electron chi connectivity index (χ4n) is 5.16. The normalized spacial score (nSPS) is 28.1.